The summed E-state index contributed by atoms with van der Waals surface area (Å²) in [6.07, 6.45) is -1.58. The SMILES string of the molecule is CC(NC(=O)O)c1nc2c(F)ccc(CCC(N)=O)c2c(=O)n1-c1cc(F)cc(F)c1. The van der Waals surface area contributed by atoms with E-state index in [1.807, 2.05) is 0 Å². The molecular formula is C20H17F3N4O4. The zero-order chi connectivity index (χ0) is 22.9. The number of aromatic nitrogens is 2. The Bertz CT molecular complexity index is 1240. The summed E-state index contributed by atoms with van der Waals surface area (Å²) < 4.78 is 43.1. The molecule has 11 heteroatoms. The van der Waals surface area contributed by atoms with E-state index >= 15 is 0 Å². The maximum absolute atomic E-state index is 14.6. The number of hydrogen-bond donors (Lipinski definition) is 3. The minimum atomic E-state index is -1.45. The van der Waals surface area contributed by atoms with Gasteiger partial charge in [-0.1, -0.05) is 6.07 Å². The van der Waals surface area contributed by atoms with Gasteiger partial charge in [-0.15, -0.1) is 0 Å². The number of rotatable bonds is 6. The van der Waals surface area contributed by atoms with Crippen LogP contribution in [-0.4, -0.2) is 26.7 Å². The molecule has 2 aromatic carbocycles. The van der Waals surface area contributed by atoms with Crippen molar-refractivity contribution in [2.24, 2.45) is 5.73 Å². The van der Waals surface area contributed by atoms with Gasteiger partial charge in [-0.05, 0) is 37.1 Å². The van der Waals surface area contributed by atoms with Gasteiger partial charge in [-0.25, -0.2) is 22.9 Å². The minimum Gasteiger partial charge on any atom is -0.465 e. The second-order valence-electron chi connectivity index (χ2n) is 6.81. The highest BCUT2D eigenvalue weighted by Crippen LogP contribution is 2.24. The van der Waals surface area contributed by atoms with Crippen LogP contribution in [0.15, 0.2) is 35.1 Å². The Morgan fingerprint density at radius 3 is 2.42 bits per heavy atom. The lowest BCUT2D eigenvalue weighted by Crippen LogP contribution is -2.33. The van der Waals surface area contributed by atoms with E-state index < -0.39 is 41.1 Å². The molecule has 3 aromatic rings. The number of aryl methyl sites for hydroxylation is 1. The number of carbonyl (C=O) groups is 2. The number of primary amides is 1. The first-order chi connectivity index (χ1) is 14.6. The molecule has 0 saturated heterocycles. The zero-order valence-corrected chi connectivity index (χ0v) is 16.2. The van der Waals surface area contributed by atoms with Crippen LogP contribution in [0.4, 0.5) is 18.0 Å². The molecule has 1 heterocycles. The van der Waals surface area contributed by atoms with Gasteiger partial charge in [-0.2, -0.15) is 0 Å². The molecule has 8 nitrogen and oxygen atoms in total. The number of nitrogens with two attached hydrogens (primary N) is 1. The maximum Gasteiger partial charge on any atom is 0.405 e. The highest BCUT2D eigenvalue weighted by Gasteiger charge is 2.23. The number of carbonyl (C=O) groups excluding carboxylic acids is 1. The number of hydrogen-bond acceptors (Lipinski definition) is 4. The second-order valence-corrected chi connectivity index (χ2v) is 6.81. The number of amides is 2. The molecule has 0 aliphatic carbocycles. The van der Waals surface area contributed by atoms with Crippen molar-refractivity contribution in [3.8, 4) is 5.69 Å². The number of fused-ring (bicyclic) bond motifs is 1. The van der Waals surface area contributed by atoms with E-state index in [-0.39, 0.29) is 40.8 Å². The lowest BCUT2D eigenvalue weighted by molar-refractivity contribution is -0.117. The van der Waals surface area contributed by atoms with Crippen molar-refractivity contribution < 1.29 is 27.9 Å². The van der Waals surface area contributed by atoms with E-state index in [1.165, 1.54) is 13.0 Å². The van der Waals surface area contributed by atoms with Gasteiger partial charge in [0.05, 0.1) is 17.1 Å². The van der Waals surface area contributed by atoms with E-state index in [9.17, 15) is 27.6 Å². The molecule has 0 bridgehead atoms. The van der Waals surface area contributed by atoms with Crippen LogP contribution in [0.5, 0.6) is 0 Å². The third kappa shape index (κ3) is 4.49. The van der Waals surface area contributed by atoms with Crippen LogP contribution < -0.4 is 16.6 Å². The number of nitrogens with one attached hydrogen (secondary N) is 1. The van der Waals surface area contributed by atoms with Crippen molar-refractivity contribution in [1.29, 1.82) is 0 Å². The maximum atomic E-state index is 14.6. The lowest BCUT2D eigenvalue weighted by Gasteiger charge is -2.19. The highest BCUT2D eigenvalue weighted by atomic mass is 19.1. The fraction of sp³-hybridized carbons (Fsp3) is 0.200. The normalized spacial score (nSPS) is 12.0. The van der Waals surface area contributed by atoms with Crippen molar-refractivity contribution in [2.45, 2.75) is 25.8 Å². The number of nitrogens with zero attached hydrogens (tertiary/aromatic N) is 2. The van der Waals surface area contributed by atoms with Crippen molar-refractivity contribution >= 4 is 22.9 Å². The Hall–Kier alpha value is -3.89. The number of benzene rings is 2. The molecule has 1 atom stereocenters. The van der Waals surface area contributed by atoms with Crippen molar-refractivity contribution in [3.63, 3.8) is 0 Å². The summed E-state index contributed by atoms with van der Waals surface area (Å²) in [5, 5.41) is 10.9. The van der Waals surface area contributed by atoms with Gasteiger partial charge in [0, 0.05) is 12.5 Å². The van der Waals surface area contributed by atoms with Crippen LogP contribution in [0.3, 0.4) is 0 Å². The fourth-order valence-electron chi connectivity index (χ4n) is 3.26. The Labute approximate surface area is 173 Å². The van der Waals surface area contributed by atoms with Crippen molar-refractivity contribution in [3.05, 3.63) is 69.5 Å². The Morgan fingerprint density at radius 1 is 1.19 bits per heavy atom. The molecule has 4 N–H and O–H groups in total. The van der Waals surface area contributed by atoms with Crippen LogP contribution in [0.25, 0.3) is 16.6 Å². The molecule has 31 heavy (non-hydrogen) atoms. The summed E-state index contributed by atoms with van der Waals surface area (Å²) in [6.45, 7) is 1.34. The predicted octanol–water partition coefficient (Wildman–Crippen LogP) is 2.55. The van der Waals surface area contributed by atoms with E-state index in [4.69, 9.17) is 10.8 Å². The molecule has 0 spiro atoms. The summed E-state index contributed by atoms with van der Waals surface area (Å²) in [5.41, 5.74) is 3.89. The molecule has 3 rings (SSSR count). The summed E-state index contributed by atoms with van der Waals surface area (Å²) in [6, 6.07) is 3.51. The average molecular weight is 434 g/mol. The minimum absolute atomic E-state index is 0.00280. The number of carboxylic acid groups (broad SMARTS) is 1. The van der Waals surface area contributed by atoms with Crippen LogP contribution in [0.2, 0.25) is 0 Å². The van der Waals surface area contributed by atoms with E-state index in [1.54, 1.807) is 0 Å². The van der Waals surface area contributed by atoms with Gasteiger partial charge in [0.1, 0.15) is 28.8 Å². The Kier molecular flexibility index (Phi) is 5.95. The third-order valence-corrected chi connectivity index (χ3v) is 4.56. The molecule has 0 fully saturated rings. The van der Waals surface area contributed by atoms with Gasteiger partial charge in [0.25, 0.3) is 5.56 Å². The topological polar surface area (TPSA) is 127 Å². The van der Waals surface area contributed by atoms with Crippen LogP contribution in [0.1, 0.15) is 30.8 Å². The molecular weight excluding hydrogens is 417 g/mol. The Balaban J connectivity index is 2.40. The standard InChI is InChI=1S/C20H17F3N4O4/c1-9(25-20(30)31)18-26-17-14(23)4-2-10(3-5-15(24)28)16(17)19(29)27(18)13-7-11(21)6-12(22)8-13/h2,4,6-9,25H,3,5H2,1H3,(H2,24,28)(H,30,31). The summed E-state index contributed by atoms with van der Waals surface area (Å²) in [4.78, 5) is 39.8. The molecule has 0 aliphatic rings. The van der Waals surface area contributed by atoms with Gasteiger partial charge >= 0.3 is 6.09 Å². The largest absolute Gasteiger partial charge is 0.465 e. The zero-order valence-electron chi connectivity index (χ0n) is 16.2. The molecule has 1 aromatic heterocycles. The fourth-order valence-corrected chi connectivity index (χ4v) is 3.26. The first-order valence-corrected chi connectivity index (χ1v) is 9.06. The highest BCUT2D eigenvalue weighted by molar-refractivity contribution is 5.83. The quantitative estimate of drug-likeness (QED) is 0.550. The van der Waals surface area contributed by atoms with Gasteiger partial charge in [0.2, 0.25) is 5.91 Å². The first-order valence-electron chi connectivity index (χ1n) is 9.06. The van der Waals surface area contributed by atoms with Crippen molar-refractivity contribution in [1.82, 2.24) is 14.9 Å². The lowest BCUT2D eigenvalue weighted by atomic mass is 10.0. The monoisotopic (exact) mass is 434 g/mol. The average Bonchev–Trinajstić information content (AvgIpc) is 2.66. The van der Waals surface area contributed by atoms with Crippen LogP contribution in [0, 0.1) is 17.5 Å². The van der Waals surface area contributed by atoms with Crippen LogP contribution >= 0.6 is 0 Å². The second kappa shape index (κ2) is 8.46. The summed E-state index contributed by atoms with van der Waals surface area (Å²) in [7, 11) is 0. The Morgan fingerprint density at radius 2 is 1.84 bits per heavy atom. The molecule has 162 valence electrons. The van der Waals surface area contributed by atoms with E-state index in [0.29, 0.717) is 6.07 Å². The molecule has 0 saturated carbocycles. The predicted molar refractivity (Wildman–Crippen MR) is 104 cm³/mol. The smallest absolute Gasteiger partial charge is 0.405 e. The van der Waals surface area contributed by atoms with Gasteiger partial charge in [0.15, 0.2) is 0 Å². The van der Waals surface area contributed by atoms with Gasteiger partial charge < -0.3 is 16.2 Å². The summed E-state index contributed by atoms with van der Waals surface area (Å²) >= 11 is 0. The van der Waals surface area contributed by atoms with Gasteiger partial charge in [-0.3, -0.25) is 14.2 Å². The number of halogens is 3. The first kappa shape index (κ1) is 21.8. The van der Waals surface area contributed by atoms with Crippen LogP contribution in [-0.2, 0) is 11.2 Å². The van der Waals surface area contributed by atoms with E-state index in [2.05, 4.69) is 10.3 Å². The third-order valence-electron chi connectivity index (χ3n) is 4.56. The van der Waals surface area contributed by atoms with Crippen molar-refractivity contribution in [2.75, 3.05) is 0 Å². The molecule has 0 radical (unpaired) electrons. The molecule has 0 aliphatic heterocycles. The molecule has 1 unspecified atom stereocenters. The summed E-state index contributed by atoms with van der Waals surface area (Å²) in [5.74, 6) is -3.76. The molecule has 2 amide bonds. The van der Waals surface area contributed by atoms with E-state index in [0.717, 1.165) is 22.8 Å².